The fourth-order valence-corrected chi connectivity index (χ4v) is 2.72. The summed E-state index contributed by atoms with van der Waals surface area (Å²) in [5, 5.41) is 3.09. The summed E-state index contributed by atoms with van der Waals surface area (Å²) in [6, 6.07) is 7.75. The van der Waals surface area contributed by atoms with E-state index in [0.29, 0.717) is 11.8 Å². The van der Waals surface area contributed by atoms with E-state index in [9.17, 15) is 4.79 Å². The molecule has 0 bridgehead atoms. The van der Waals surface area contributed by atoms with Crippen molar-refractivity contribution in [2.45, 2.75) is 45.4 Å². The Hall–Kier alpha value is -1.22. The largest absolute Gasteiger partial charge is 0.399 e. The first kappa shape index (κ1) is 16.8. The van der Waals surface area contributed by atoms with Crippen LogP contribution < -0.4 is 11.1 Å². The van der Waals surface area contributed by atoms with Crippen molar-refractivity contribution in [2.24, 2.45) is 5.41 Å². The van der Waals surface area contributed by atoms with E-state index < -0.39 is 0 Å². The smallest absolute Gasteiger partial charge is 0.220 e. The Morgan fingerprint density at radius 3 is 2.60 bits per heavy atom. The van der Waals surface area contributed by atoms with E-state index in [1.165, 1.54) is 25.7 Å². The topological polar surface area (TPSA) is 55.1 Å². The summed E-state index contributed by atoms with van der Waals surface area (Å²) < 4.78 is 0. The van der Waals surface area contributed by atoms with Crippen LogP contribution in [-0.4, -0.2) is 12.5 Å². The third kappa shape index (κ3) is 4.14. The molecule has 112 valence electrons. The number of nitrogen functional groups attached to an aromatic ring is 1. The van der Waals surface area contributed by atoms with Crippen molar-refractivity contribution in [2.75, 3.05) is 12.3 Å². The number of carbonyl (C=O) groups excluding carboxylic acids is 1. The Morgan fingerprint density at radius 2 is 2.05 bits per heavy atom. The Morgan fingerprint density at radius 1 is 1.35 bits per heavy atom. The fraction of sp³-hybridized carbons (Fsp3) is 0.562. The van der Waals surface area contributed by atoms with Gasteiger partial charge in [-0.05, 0) is 42.7 Å². The van der Waals surface area contributed by atoms with Crippen molar-refractivity contribution >= 4 is 24.0 Å². The number of aryl methyl sites for hydroxylation is 1. The van der Waals surface area contributed by atoms with Crippen LogP contribution in [-0.2, 0) is 11.2 Å². The molecule has 0 heterocycles. The van der Waals surface area contributed by atoms with Crippen molar-refractivity contribution < 1.29 is 4.79 Å². The molecule has 0 spiro atoms. The van der Waals surface area contributed by atoms with Gasteiger partial charge in [-0.25, -0.2) is 0 Å². The summed E-state index contributed by atoms with van der Waals surface area (Å²) in [4.78, 5) is 11.9. The van der Waals surface area contributed by atoms with E-state index in [4.69, 9.17) is 5.73 Å². The molecule has 0 aromatic heterocycles. The highest BCUT2D eigenvalue weighted by atomic mass is 35.5. The molecule has 0 aliphatic heterocycles. The molecular weight excluding hydrogens is 272 g/mol. The first-order valence-electron chi connectivity index (χ1n) is 7.25. The van der Waals surface area contributed by atoms with Gasteiger partial charge in [0, 0.05) is 18.7 Å². The highest BCUT2D eigenvalue weighted by Crippen LogP contribution is 2.43. The standard InChI is InChI=1S/C16H24N2O.ClH/c1-2-16(10-5-11-16)12-18-15(19)9-8-13-6-3-4-7-14(13)17;/h3-4,6-7H,2,5,8-12,17H2,1H3,(H,18,19);1H. The molecule has 4 heteroatoms. The van der Waals surface area contributed by atoms with Crippen molar-refractivity contribution in [1.29, 1.82) is 0 Å². The second-order valence-corrected chi connectivity index (χ2v) is 5.68. The number of rotatable bonds is 6. The molecule has 3 N–H and O–H groups in total. The SMILES string of the molecule is CCC1(CNC(=O)CCc2ccccc2N)CCC1.Cl. The van der Waals surface area contributed by atoms with Gasteiger partial charge in [-0.1, -0.05) is 31.5 Å². The van der Waals surface area contributed by atoms with Crippen LogP contribution in [0.15, 0.2) is 24.3 Å². The van der Waals surface area contributed by atoms with Crippen molar-refractivity contribution in [3.8, 4) is 0 Å². The van der Waals surface area contributed by atoms with Gasteiger partial charge in [-0.2, -0.15) is 0 Å². The van der Waals surface area contributed by atoms with Gasteiger partial charge in [0.15, 0.2) is 0 Å². The zero-order chi connectivity index (χ0) is 13.7. The van der Waals surface area contributed by atoms with Crippen LogP contribution >= 0.6 is 12.4 Å². The van der Waals surface area contributed by atoms with Gasteiger partial charge in [0.25, 0.3) is 0 Å². The maximum Gasteiger partial charge on any atom is 0.220 e. The molecule has 1 aliphatic rings. The van der Waals surface area contributed by atoms with Crippen LogP contribution in [0.3, 0.4) is 0 Å². The molecule has 1 saturated carbocycles. The number of hydrogen-bond donors (Lipinski definition) is 2. The number of carbonyl (C=O) groups is 1. The minimum Gasteiger partial charge on any atom is -0.399 e. The lowest BCUT2D eigenvalue weighted by atomic mass is 9.67. The number of nitrogens with one attached hydrogen (secondary N) is 1. The average Bonchev–Trinajstić information content (AvgIpc) is 2.37. The molecule has 3 nitrogen and oxygen atoms in total. The zero-order valence-corrected chi connectivity index (χ0v) is 13.0. The number of hydrogen-bond acceptors (Lipinski definition) is 2. The highest BCUT2D eigenvalue weighted by Gasteiger charge is 2.34. The lowest BCUT2D eigenvalue weighted by Gasteiger charge is -2.41. The van der Waals surface area contributed by atoms with Crippen LogP contribution in [0.1, 0.15) is 44.6 Å². The number of amides is 1. The van der Waals surface area contributed by atoms with E-state index in [-0.39, 0.29) is 18.3 Å². The summed E-state index contributed by atoms with van der Waals surface area (Å²) in [7, 11) is 0. The Bertz CT molecular complexity index is 438. The van der Waals surface area contributed by atoms with Crippen molar-refractivity contribution in [1.82, 2.24) is 5.32 Å². The molecule has 20 heavy (non-hydrogen) atoms. The first-order valence-corrected chi connectivity index (χ1v) is 7.25. The minimum absolute atomic E-state index is 0. The fourth-order valence-electron chi connectivity index (χ4n) is 2.72. The number of nitrogens with two attached hydrogens (primary N) is 1. The predicted octanol–water partition coefficient (Wildman–Crippen LogP) is 3.32. The molecule has 0 atom stereocenters. The molecule has 1 aliphatic carbocycles. The molecular formula is C16H25ClN2O. The van der Waals surface area contributed by atoms with Crippen LogP contribution in [0, 0.1) is 5.41 Å². The van der Waals surface area contributed by atoms with Crippen LogP contribution in [0.2, 0.25) is 0 Å². The molecule has 1 aromatic carbocycles. The molecule has 0 radical (unpaired) electrons. The number of benzene rings is 1. The van der Waals surface area contributed by atoms with E-state index in [1.807, 2.05) is 24.3 Å². The van der Waals surface area contributed by atoms with Gasteiger partial charge in [0.1, 0.15) is 0 Å². The van der Waals surface area contributed by atoms with E-state index in [0.717, 1.165) is 24.2 Å². The molecule has 0 saturated heterocycles. The predicted molar refractivity (Wildman–Crippen MR) is 86.0 cm³/mol. The summed E-state index contributed by atoms with van der Waals surface area (Å²) in [5.74, 6) is 0.142. The Labute approximate surface area is 127 Å². The number of anilines is 1. The first-order chi connectivity index (χ1) is 9.15. The average molecular weight is 297 g/mol. The summed E-state index contributed by atoms with van der Waals surface area (Å²) in [6.45, 7) is 3.06. The summed E-state index contributed by atoms with van der Waals surface area (Å²) in [5.41, 5.74) is 8.10. The Balaban J connectivity index is 0.00000200. The van der Waals surface area contributed by atoms with Gasteiger partial charge in [0.2, 0.25) is 5.91 Å². The number of halogens is 1. The molecule has 1 amide bonds. The van der Waals surface area contributed by atoms with Crippen molar-refractivity contribution in [3.05, 3.63) is 29.8 Å². The lowest BCUT2D eigenvalue weighted by molar-refractivity contribution is -0.122. The second-order valence-electron chi connectivity index (χ2n) is 5.68. The normalized spacial score (nSPS) is 15.8. The quantitative estimate of drug-likeness (QED) is 0.791. The molecule has 1 fully saturated rings. The van der Waals surface area contributed by atoms with Crippen LogP contribution in [0.25, 0.3) is 0 Å². The van der Waals surface area contributed by atoms with Gasteiger partial charge in [0.05, 0.1) is 0 Å². The minimum atomic E-state index is 0. The van der Waals surface area contributed by atoms with Gasteiger partial charge >= 0.3 is 0 Å². The monoisotopic (exact) mass is 296 g/mol. The maximum absolute atomic E-state index is 11.9. The van der Waals surface area contributed by atoms with E-state index in [2.05, 4.69) is 12.2 Å². The van der Waals surface area contributed by atoms with Gasteiger partial charge in [-0.15, -0.1) is 12.4 Å². The van der Waals surface area contributed by atoms with E-state index >= 15 is 0 Å². The van der Waals surface area contributed by atoms with Gasteiger partial charge < -0.3 is 11.1 Å². The lowest BCUT2D eigenvalue weighted by Crippen LogP contribution is -2.41. The molecule has 1 aromatic rings. The van der Waals surface area contributed by atoms with Crippen LogP contribution in [0.4, 0.5) is 5.69 Å². The number of para-hydroxylation sites is 1. The second kappa shape index (κ2) is 7.53. The summed E-state index contributed by atoms with van der Waals surface area (Å²) >= 11 is 0. The molecule has 0 unspecified atom stereocenters. The highest BCUT2D eigenvalue weighted by molar-refractivity contribution is 5.85. The third-order valence-electron chi connectivity index (χ3n) is 4.50. The zero-order valence-electron chi connectivity index (χ0n) is 12.2. The van der Waals surface area contributed by atoms with Crippen molar-refractivity contribution in [3.63, 3.8) is 0 Å². The van der Waals surface area contributed by atoms with Crippen LogP contribution in [0.5, 0.6) is 0 Å². The Kier molecular flexibility index (Phi) is 6.34. The van der Waals surface area contributed by atoms with E-state index in [1.54, 1.807) is 0 Å². The van der Waals surface area contributed by atoms with Gasteiger partial charge in [-0.3, -0.25) is 4.79 Å². The summed E-state index contributed by atoms with van der Waals surface area (Å²) in [6.07, 6.45) is 6.24. The molecule has 2 rings (SSSR count). The third-order valence-corrected chi connectivity index (χ3v) is 4.50. The maximum atomic E-state index is 11.9.